The van der Waals surface area contributed by atoms with Gasteiger partial charge in [-0.25, -0.2) is 0 Å². The Morgan fingerprint density at radius 3 is 1.45 bits per heavy atom. The second-order valence-corrected chi connectivity index (χ2v) is 18.9. The Morgan fingerprint density at radius 1 is 0.562 bits per heavy atom. The van der Waals surface area contributed by atoms with E-state index in [1.807, 2.05) is 6.08 Å². The summed E-state index contributed by atoms with van der Waals surface area (Å²) in [6.07, 6.45) is 38.7. The Hall–Kier alpha value is -1.60. The maximum absolute atomic E-state index is 13.0. The monoisotopic (exact) mass is 912 g/mol. The van der Waals surface area contributed by atoms with E-state index < -0.39 is 49.5 Å². The molecule has 0 aromatic rings. The fourth-order valence-corrected chi connectivity index (χ4v) is 8.55. The quantitative estimate of drug-likeness (QED) is 0.0196. The summed E-state index contributed by atoms with van der Waals surface area (Å²) < 4.78 is 16.6. The molecule has 1 fully saturated rings. The Labute approximate surface area is 391 Å². The highest BCUT2D eigenvalue weighted by atomic mass is 16.7. The Bertz CT molecular complexity index is 1080. The minimum atomic E-state index is -1.57. The number of rotatable bonds is 46. The van der Waals surface area contributed by atoms with Gasteiger partial charge in [-0.1, -0.05) is 219 Å². The van der Waals surface area contributed by atoms with Crippen LogP contribution in [0.5, 0.6) is 0 Å². The smallest absolute Gasteiger partial charge is 0.305 e. The SMILES string of the molecule is CCCCCCCCC/C=C/C(O)C(COC1OC(CO)C(O)C(O)C1O)NC(=O)CCCCCCCCCCCCCCOC(=O)CCCCCCCCCCCCCCCCC. The zero-order valence-electron chi connectivity index (χ0n) is 41.3. The fraction of sp³-hybridized carbons (Fsp3) is 0.925. The van der Waals surface area contributed by atoms with E-state index in [2.05, 4.69) is 19.2 Å². The third-order valence-electron chi connectivity index (χ3n) is 12.9. The standard InChI is InChI=1S/C53H101NO10/c1-3-5-7-9-11-13-14-15-16-17-21-25-29-33-37-41-49(58)62-42-38-34-30-26-22-19-18-20-24-28-32-36-40-48(57)54-45(46(56)39-35-31-27-23-12-10-8-6-4-2)44-63-53-52(61)51(60)50(59)47(43-55)64-53/h35,39,45-47,50-53,55-56,59-61H,3-34,36-38,40-44H2,1-2H3,(H,54,57)/b39-35+. The van der Waals surface area contributed by atoms with Crippen molar-refractivity contribution in [2.75, 3.05) is 19.8 Å². The second-order valence-electron chi connectivity index (χ2n) is 18.9. The highest BCUT2D eigenvalue weighted by molar-refractivity contribution is 5.76. The van der Waals surface area contributed by atoms with Crippen molar-refractivity contribution in [3.05, 3.63) is 12.2 Å². The Morgan fingerprint density at radius 2 is 0.984 bits per heavy atom. The molecule has 7 unspecified atom stereocenters. The summed E-state index contributed by atoms with van der Waals surface area (Å²) in [6, 6.07) is -0.818. The normalized spacial score (nSPS) is 19.9. The van der Waals surface area contributed by atoms with Gasteiger partial charge < -0.3 is 45.1 Å². The molecule has 11 heteroatoms. The molecule has 11 nitrogen and oxygen atoms in total. The summed E-state index contributed by atoms with van der Waals surface area (Å²) in [6.45, 7) is 4.26. The van der Waals surface area contributed by atoms with Gasteiger partial charge in [0.1, 0.15) is 24.4 Å². The summed E-state index contributed by atoms with van der Waals surface area (Å²) in [5, 5.41) is 54.1. The lowest BCUT2D eigenvalue weighted by Gasteiger charge is -2.40. The van der Waals surface area contributed by atoms with Crippen LogP contribution < -0.4 is 5.32 Å². The number of carbonyl (C=O) groups is 2. The van der Waals surface area contributed by atoms with Crippen molar-refractivity contribution in [2.45, 2.75) is 294 Å². The molecule has 1 amide bonds. The molecule has 1 saturated heterocycles. The summed E-state index contributed by atoms with van der Waals surface area (Å²) >= 11 is 0. The fourth-order valence-electron chi connectivity index (χ4n) is 8.55. The molecule has 0 bridgehead atoms. The van der Waals surface area contributed by atoms with Crippen LogP contribution in [-0.4, -0.2) is 100 Å². The van der Waals surface area contributed by atoms with Gasteiger partial charge in [-0.05, 0) is 32.1 Å². The minimum Gasteiger partial charge on any atom is -0.466 e. The molecule has 0 radical (unpaired) electrons. The Balaban J connectivity index is 2.10. The van der Waals surface area contributed by atoms with Crippen molar-refractivity contribution in [3.63, 3.8) is 0 Å². The van der Waals surface area contributed by atoms with Crippen molar-refractivity contribution < 1.29 is 49.3 Å². The van der Waals surface area contributed by atoms with Crippen LogP contribution in [0.2, 0.25) is 0 Å². The summed E-state index contributed by atoms with van der Waals surface area (Å²) in [4.78, 5) is 25.0. The highest BCUT2D eigenvalue weighted by Crippen LogP contribution is 2.23. The number of aliphatic hydroxyl groups is 5. The zero-order valence-corrected chi connectivity index (χ0v) is 41.3. The second kappa shape index (κ2) is 43.9. The number of hydrogen-bond acceptors (Lipinski definition) is 10. The number of allylic oxidation sites excluding steroid dienone is 1. The van der Waals surface area contributed by atoms with Gasteiger partial charge in [-0.3, -0.25) is 9.59 Å². The van der Waals surface area contributed by atoms with E-state index in [1.165, 1.54) is 154 Å². The lowest BCUT2D eigenvalue weighted by Crippen LogP contribution is -2.60. The van der Waals surface area contributed by atoms with Crippen LogP contribution >= 0.6 is 0 Å². The third kappa shape index (κ3) is 33.8. The van der Waals surface area contributed by atoms with Crippen LogP contribution in [0.1, 0.15) is 251 Å². The van der Waals surface area contributed by atoms with E-state index in [1.54, 1.807) is 6.08 Å². The number of ether oxygens (including phenoxy) is 3. The number of amides is 1. The molecule has 1 aliphatic rings. The van der Waals surface area contributed by atoms with Gasteiger partial charge in [0, 0.05) is 12.8 Å². The number of nitrogens with one attached hydrogen (secondary N) is 1. The molecular formula is C53H101NO10. The molecule has 0 spiro atoms. The van der Waals surface area contributed by atoms with Crippen LogP contribution in [0.3, 0.4) is 0 Å². The van der Waals surface area contributed by atoms with Crippen LogP contribution in [0.25, 0.3) is 0 Å². The number of esters is 1. The average Bonchev–Trinajstić information content (AvgIpc) is 3.29. The van der Waals surface area contributed by atoms with E-state index in [-0.39, 0.29) is 18.5 Å². The summed E-state index contributed by atoms with van der Waals surface area (Å²) in [5.74, 6) is -0.229. The maximum Gasteiger partial charge on any atom is 0.305 e. The van der Waals surface area contributed by atoms with E-state index in [9.17, 15) is 35.1 Å². The first-order valence-electron chi connectivity index (χ1n) is 27.0. The topological polar surface area (TPSA) is 175 Å². The number of carbonyl (C=O) groups excluding carboxylic acids is 2. The minimum absolute atomic E-state index is 0.0305. The lowest BCUT2D eigenvalue weighted by molar-refractivity contribution is -0.302. The molecule has 0 saturated carbocycles. The van der Waals surface area contributed by atoms with Gasteiger partial charge >= 0.3 is 5.97 Å². The molecule has 6 N–H and O–H groups in total. The van der Waals surface area contributed by atoms with E-state index in [0.717, 1.165) is 70.6 Å². The van der Waals surface area contributed by atoms with Gasteiger partial charge in [-0.15, -0.1) is 0 Å². The predicted octanol–water partition coefficient (Wildman–Crippen LogP) is 11.2. The van der Waals surface area contributed by atoms with Crippen molar-refractivity contribution in [1.82, 2.24) is 5.32 Å². The first kappa shape index (κ1) is 60.4. The Kier molecular flexibility index (Phi) is 41.5. The largest absolute Gasteiger partial charge is 0.466 e. The van der Waals surface area contributed by atoms with Gasteiger partial charge in [0.05, 0.1) is 32.0 Å². The van der Waals surface area contributed by atoms with Crippen LogP contribution in [-0.2, 0) is 23.8 Å². The van der Waals surface area contributed by atoms with Gasteiger partial charge in [0.15, 0.2) is 6.29 Å². The van der Waals surface area contributed by atoms with Crippen molar-refractivity contribution >= 4 is 11.9 Å². The molecule has 378 valence electrons. The molecule has 1 aliphatic heterocycles. The van der Waals surface area contributed by atoms with Gasteiger partial charge in [0.25, 0.3) is 0 Å². The first-order chi connectivity index (χ1) is 31.2. The zero-order chi connectivity index (χ0) is 46.7. The predicted molar refractivity (Wildman–Crippen MR) is 260 cm³/mol. The molecule has 0 aromatic carbocycles. The number of unbranched alkanes of at least 4 members (excludes halogenated alkanes) is 32. The summed E-state index contributed by atoms with van der Waals surface area (Å²) in [5.41, 5.74) is 0. The van der Waals surface area contributed by atoms with Crippen molar-refractivity contribution in [1.29, 1.82) is 0 Å². The summed E-state index contributed by atoms with van der Waals surface area (Å²) in [7, 11) is 0. The van der Waals surface area contributed by atoms with E-state index in [4.69, 9.17) is 14.2 Å². The van der Waals surface area contributed by atoms with Crippen LogP contribution in [0.4, 0.5) is 0 Å². The molecule has 0 aliphatic carbocycles. The molecule has 7 atom stereocenters. The third-order valence-corrected chi connectivity index (χ3v) is 12.9. The van der Waals surface area contributed by atoms with E-state index >= 15 is 0 Å². The van der Waals surface area contributed by atoms with Crippen molar-refractivity contribution in [3.8, 4) is 0 Å². The average molecular weight is 912 g/mol. The molecule has 0 aromatic heterocycles. The van der Waals surface area contributed by atoms with Gasteiger partial charge in [-0.2, -0.15) is 0 Å². The highest BCUT2D eigenvalue weighted by Gasteiger charge is 2.44. The van der Waals surface area contributed by atoms with Crippen LogP contribution in [0, 0.1) is 0 Å². The van der Waals surface area contributed by atoms with Crippen molar-refractivity contribution in [2.24, 2.45) is 0 Å². The van der Waals surface area contributed by atoms with E-state index in [0.29, 0.717) is 19.4 Å². The van der Waals surface area contributed by atoms with Gasteiger partial charge in [0.2, 0.25) is 5.91 Å². The molecule has 1 heterocycles. The van der Waals surface area contributed by atoms with Crippen LogP contribution in [0.15, 0.2) is 12.2 Å². The first-order valence-corrected chi connectivity index (χ1v) is 27.0. The number of hydrogen-bond donors (Lipinski definition) is 6. The lowest BCUT2D eigenvalue weighted by atomic mass is 9.99. The molecule has 64 heavy (non-hydrogen) atoms. The maximum atomic E-state index is 13.0. The molecular weight excluding hydrogens is 811 g/mol. The molecule has 1 rings (SSSR count). The number of aliphatic hydroxyl groups excluding tert-OH is 5.